The summed E-state index contributed by atoms with van der Waals surface area (Å²) in [6.45, 7) is 4.83. The summed E-state index contributed by atoms with van der Waals surface area (Å²) in [4.78, 5) is 12.3. The lowest BCUT2D eigenvalue weighted by atomic mass is 10.2. The largest absolute Gasteiger partial charge is 0.489 e. The maximum Gasteiger partial charge on any atom is 0.319 e. The molecule has 2 unspecified atom stereocenters. The van der Waals surface area contributed by atoms with E-state index in [2.05, 4.69) is 10.6 Å². The third-order valence-corrected chi connectivity index (χ3v) is 7.16. The Morgan fingerprint density at radius 1 is 1.09 bits per heavy atom. The third-order valence-electron chi connectivity index (χ3n) is 5.36. The predicted octanol–water partition coefficient (Wildman–Crippen LogP) is 2.55. The van der Waals surface area contributed by atoms with Gasteiger partial charge in [-0.3, -0.25) is 0 Å². The van der Waals surface area contributed by atoms with Crippen LogP contribution in [0.4, 0.5) is 10.5 Å². The van der Waals surface area contributed by atoms with E-state index in [1.165, 1.54) is 4.31 Å². The number of sulfonamides is 1. The van der Waals surface area contributed by atoms with Crippen LogP contribution < -0.4 is 24.8 Å². The number of amides is 2. The average Bonchev–Trinajstić information content (AvgIpc) is 3.25. The van der Waals surface area contributed by atoms with Crippen molar-refractivity contribution in [3.05, 3.63) is 48.0 Å². The van der Waals surface area contributed by atoms with Crippen molar-refractivity contribution in [2.75, 3.05) is 37.5 Å². The second kappa shape index (κ2) is 10.5. The molecule has 0 aromatic heterocycles. The second-order valence-corrected chi connectivity index (χ2v) is 10.4. The highest BCUT2D eigenvalue weighted by atomic mass is 32.2. The lowest BCUT2D eigenvalue weighted by Crippen LogP contribution is -2.49. The van der Waals surface area contributed by atoms with Crippen molar-refractivity contribution in [3.63, 3.8) is 0 Å². The van der Waals surface area contributed by atoms with Crippen LogP contribution in [0.3, 0.4) is 0 Å². The van der Waals surface area contributed by atoms with E-state index >= 15 is 0 Å². The molecule has 1 fully saturated rings. The lowest BCUT2D eigenvalue weighted by molar-refractivity contribution is -0.0440. The molecule has 0 bridgehead atoms. The van der Waals surface area contributed by atoms with E-state index < -0.39 is 16.1 Å². The van der Waals surface area contributed by atoms with Gasteiger partial charge in [0, 0.05) is 31.4 Å². The highest BCUT2D eigenvalue weighted by Gasteiger charge is 2.30. The van der Waals surface area contributed by atoms with E-state index in [9.17, 15) is 13.2 Å². The van der Waals surface area contributed by atoms with Crippen LogP contribution in [-0.2, 0) is 21.4 Å². The number of benzene rings is 2. The molecule has 34 heavy (non-hydrogen) atoms. The van der Waals surface area contributed by atoms with Crippen molar-refractivity contribution in [1.29, 1.82) is 0 Å². The van der Waals surface area contributed by atoms with Gasteiger partial charge in [-0.25, -0.2) is 13.2 Å². The van der Waals surface area contributed by atoms with E-state index in [4.69, 9.17) is 18.9 Å². The summed E-state index contributed by atoms with van der Waals surface area (Å²) in [6.07, 6.45) is -0.313. The summed E-state index contributed by atoms with van der Waals surface area (Å²) >= 11 is 0. The van der Waals surface area contributed by atoms with Crippen LogP contribution in [0.25, 0.3) is 0 Å². The zero-order valence-electron chi connectivity index (χ0n) is 19.2. The lowest BCUT2D eigenvalue weighted by Gasteiger charge is -2.34. The first kappa shape index (κ1) is 24.1. The molecule has 2 aliphatic rings. The first-order valence-corrected chi connectivity index (χ1v) is 12.7. The molecule has 2 heterocycles. The van der Waals surface area contributed by atoms with Gasteiger partial charge in [0.25, 0.3) is 0 Å². The first-order valence-electron chi connectivity index (χ1n) is 11.1. The number of rotatable bonds is 8. The molecule has 0 radical (unpaired) electrons. The van der Waals surface area contributed by atoms with Crippen molar-refractivity contribution in [1.82, 2.24) is 9.62 Å². The molecular formula is C23H29N3O7S. The van der Waals surface area contributed by atoms with Gasteiger partial charge in [0.15, 0.2) is 11.5 Å². The number of urea groups is 1. The smallest absolute Gasteiger partial charge is 0.319 e. The van der Waals surface area contributed by atoms with Crippen LogP contribution >= 0.6 is 0 Å². The standard InChI is InChI=1S/C23H29N3O7S/c1-16-12-26(13-17(2)33-16)34(28,29)9-8-24-23(27)25-19-5-3-4-18(10-19)14-30-20-6-7-21-22(11-20)32-15-31-21/h3-7,10-11,16-17H,8-9,12-15H2,1-2H3,(H2,24,25,27). The van der Waals surface area contributed by atoms with Gasteiger partial charge in [-0.2, -0.15) is 4.31 Å². The van der Waals surface area contributed by atoms with Crippen molar-refractivity contribution >= 4 is 21.7 Å². The Hall–Kier alpha value is -3.02. The number of nitrogens with zero attached hydrogens (tertiary/aromatic N) is 1. The molecule has 4 rings (SSSR count). The number of nitrogens with one attached hydrogen (secondary N) is 2. The zero-order valence-corrected chi connectivity index (χ0v) is 20.0. The highest BCUT2D eigenvalue weighted by molar-refractivity contribution is 7.89. The molecule has 1 saturated heterocycles. The van der Waals surface area contributed by atoms with E-state index in [-0.39, 0.29) is 31.3 Å². The second-order valence-electron chi connectivity index (χ2n) is 8.28. The van der Waals surface area contributed by atoms with Crippen molar-refractivity contribution in [3.8, 4) is 17.2 Å². The van der Waals surface area contributed by atoms with Crippen LogP contribution in [-0.4, -0.2) is 63.1 Å². The molecule has 0 saturated carbocycles. The quantitative estimate of drug-likeness (QED) is 0.583. The summed E-state index contributed by atoms with van der Waals surface area (Å²) in [5.41, 5.74) is 1.43. The van der Waals surface area contributed by atoms with Gasteiger partial charge in [0.2, 0.25) is 16.8 Å². The Kier molecular flexibility index (Phi) is 7.44. The summed E-state index contributed by atoms with van der Waals surface area (Å²) < 4.78 is 48.6. The van der Waals surface area contributed by atoms with Crippen LogP contribution in [0, 0.1) is 0 Å². The molecule has 2 N–H and O–H groups in total. The Morgan fingerprint density at radius 3 is 2.65 bits per heavy atom. The van der Waals surface area contributed by atoms with Gasteiger partial charge >= 0.3 is 6.03 Å². The molecule has 184 valence electrons. The average molecular weight is 492 g/mol. The Morgan fingerprint density at radius 2 is 1.85 bits per heavy atom. The normalized spacial score (nSPS) is 20.1. The van der Waals surface area contributed by atoms with Crippen molar-refractivity contribution < 1.29 is 32.2 Å². The highest BCUT2D eigenvalue weighted by Crippen LogP contribution is 2.35. The molecule has 10 nitrogen and oxygen atoms in total. The van der Waals surface area contributed by atoms with E-state index in [1.54, 1.807) is 36.4 Å². The maximum absolute atomic E-state index is 12.6. The van der Waals surface area contributed by atoms with Crippen molar-refractivity contribution in [2.24, 2.45) is 0 Å². The van der Waals surface area contributed by atoms with Crippen LogP contribution in [0.15, 0.2) is 42.5 Å². The summed E-state index contributed by atoms with van der Waals surface area (Å²) in [6, 6.07) is 12.1. The summed E-state index contributed by atoms with van der Waals surface area (Å²) in [7, 11) is -3.48. The van der Waals surface area contributed by atoms with Crippen LogP contribution in [0.5, 0.6) is 17.2 Å². The number of carbonyl (C=O) groups is 1. The minimum Gasteiger partial charge on any atom is -0.489 e. The van der Waals surface area contributed by atoms with Crippen LogP contribution in [0.1, 0.15) is 19.4 Å². The monoisotopic (exact) mass is 491 g/mol. The number of anilines is 1. The Bertz CT molecular complexity index is 1120. The minimum absolute atomic E-state index is 0.00119. The molecule has 11 heteroatoms. The molecule has 2 aromatic carbocycles. The molecular weight excluding hydrogens is 462 g/mol. The minimum atomic E-state index is -3.48. The Labute approximate surface area is 199 Å². The number of carbonyl (C=O) groups excluding carboxylic acids is 1. The number of hydrogen-bond donors (Lipinski definition) is 2. The van der Waals surface area contributed by atoms with Crippen LogP contribution in [0.2, 0.25) is 0 Å². The predicted molar refractivity (Wildman–Crippen MR) is 126 cm³/mol. The van der Waals surface area contributed by atoms with Gasteiger partial charge in [-0.1, -0.05) is 12.1 Å². The fourth-order valence-electron chi connectivity index (χ4n) is 3.83. The molecule has 0 aliphatic carbocycles. The molecule has 2 aliphatic heterocycles. The van der Waals surface area contributed by atoms with Gasteiger partial charge in [-0.15, -0.1) is 0 Å². The van der Waals surface area contributed by atoms with Crippen molar-refractivity contribution in [2.45, 2.75) is 32.7 Å². The summed E-state index contributed by atoms with van der Waals surface area (Å²) in [5.74, 6) is 1.80. The number of morpholine rings is 1. The zero-order chi connectivity index (χ0) is 24.1. The molecule has 2 atom stereocenters. The Balaban J connectivity index is 1.24. The van der Waals surface area contributed by atoms with Gasteiger partial charge in [-0.05, 0) is 43.7 Å². The van der Waals surface area contributed by atoms with Gasteiger partial charge in [0.1, 0.15) is 12.4 Å². The van der Waals surface area contributed by atoms with Gasteiger partial charge < -0.3 is 29.6 Å². The SMILES string of the molecule is CC1CN(S(=O)(=O)CCNC(=O)Nc2cccc(COc3ccc4c(c3)OCO4)c2)CC(C)O1. The molecule has 2 amide bonds. The fraction of sp³-hybridized carbons (Fsp3) is 0.435. The molecule has 2 aromatic rings. The number of fused-ring (bicyclic) bond motifs is 1. The fourth-order valence-corrected chi connectivity index (χ4v) is 5.32. The van der Waals surface area contributed by atoms with E-state index in [0.29, 0.717) is 42.6 Å². The van der Waals surface area contributed by atoms with Gasteiger partial charge in [0.05, 0.1) is 18.0 Å². The third kappa shape index (κ3) is 6.31. The number of ether oxygens (including phenoxy) is 4. The number of hydrogen-bond acceptors (Lipinski definition) is 7. The topological polar surface area (TPSA) is 115 Å². The summed E-state index contributed by atoms with van der Waals surface area (Å²) in [5, 5.41) is 5.33. The van der Waals surface area contributed by atoms with E-state index in [0.717, 1.165) is 5.56 Å². The first-order chi connectivity index (χ1) is 16.3. The van der Waals surface area contributed by atoms with E-state index in [1.807, 2.05) is 19.9 Å². The molecule has 0 spiro atoms. The maximum atomic E-state index is 12.6.